The normalized spacial score (nSPS) is 26.3. The average molecular weight is 370 g/mol. The van der Waals surface area contributed by atoms with E-state index in [1.54, 1.807) is 0 Å². The number of carbonyl (C=O) groups excluding carboxylic acids is 1. The van der Waals surface area contributed by atoms with E-state index in [1.807, 2.05) is 11.9 Å². The second kappa shape index (κ2) is 8.30. The lowest BCUT2D eigenvalue weighted by Gasteiger charge is -2.36. The molecular formula is C21H31N5O. The summed E-state index contributed by atoms with van der Waals surface area (Å²) in [4.78, 5) is 23.5. The average Bonchev–Trinajstić information content (AvgIpc) is 3.25. The highest BCUT2D eigenvalue weighted by Gasteiger charge is 2.39. The van der Waals surface area contributed by atoms with E-state index in [2.05, 4.69) is 50.4 Å². The minimum atomic E-state index is 0.298. The van der Waals surface area contributed by atoms with E-state index in [0.717, 1.165) is 58.1 Å². The van der Waals surface area contributed by atoms with Crippen LogP contribution in [0.25, 0.3) is 0 Å². The van der Waals surface area contributed by atoms with Gasteiger partial charge in [0.15, 0.2) is 5.96 Å². The zero-order chi connectivity index (χ0) is 18.6. The number of likely N-dealkylation sites (tertiary alicyclic amines) is 1. The molecule has 1 saturated carbocycles. The fourth-order valence-corrected chi connectivity index (χ4v) is 4.26. The van der Waals surface area contributed by atoms with E-state index < -0.39 is 0 Å². The maximum Gasteiger partial charge on any atom is 0.236 e. The third-order valence-electron chi connectivity index (χ3n) is 6.03. The van der Waals surface area contributed by atoms with Gasteiger partial charge in [-0.05, 0) is 24.8 Å². The lowest BCUT2D eigenvalue weighted by atomic mass is 10.1. The third kappa shape index (κ3) is 4.43. The van der Waals surface area contributed by atoms with Crippen molar-refractivity contribution in [2.24, 2.45) is 4.99 Å². The molecule has 6 nitrogen and oxygen atoms in total. The van der Waals surface area contributed by atoms with E-state index in [1.165, 1.54) is 12.0 Å². The summed E-state index contributed by atoms with van der Waals surface area (Å²) in [6, 6.07) is 11.2. The number of rotatable bonds is 4. The summed E-state index contributed by atoms with van der Waals surface area (Å²) < 4.78 is 0. The number of aliphatic imine (C=N–C) groups is 1. The molecule has 2 atom stereocenters. The Morgan fingerprint density at radius 1 is 1.04 bits per heavy atom. The van der Waals surface area contributed by atoms with Crippen molar-refractivity contribution in [1.82, 2.24) is 20.0 Å². The molecule has 146 valence electrons. The summed E-state index contributed by atoms with van der Waals surface area (Å²) in [6.07, 6.45) is 3.49. The molecule has 27 heavy (non-hydrogen) atoms. The lowest BCUT2D eigenvalue weighted by molar-refractivity contribution is -0.131. The first-order valence-electron chi connectivity index (χ1n) is 10.3. The zero-order valence-electron chi connectivity index (χ0n) is 16.3. The van der Waals surface area contributed by atoms with Gasteiger partial charge in [0.2, 0.25) is 5.91 Å². The van der Waals surface area contributed by atoms with E-state index in [4.69, 9.17) is 0 Å². The van der Waals surface area contributed by atoms with Gasteiger partial charge in [-0.1, -0.05) is 30.3 Å². The molecule has 1 aliphatic carbocycles. The summed E-state index contributed by atoms with van der Waals surface area (Å²) in [5.41, 5.74) is 1.41. The van der Waals surface area contributed by atoms with E-state index in [9.17, 15) is 4.79 Å². The van der Waals surface area contributed by atoms with Crippen molar-refractivity contribution in [3.63, 3.8) is 0 Å². The number of nitrogens with one attached hydrogen (secondary N) is 1. The summed E-state index contributed by atoms with van der Waals surface area (Å²) >= 11 is 0. The van der Waals surface area contributed by atoms with Crippen LogP contribution in [0.1, 0.15) is 30.7 Å². The van der Waals surface area contributed by atoms with Crippen molar-refractivity contribution in [2.45, 2.75) is 31.2 Å². The molecule has 0 aromatic heterocycles. The number of hydrogen-bond donors (Lipinski definition) is 1. The van der Waals surface area contributed by atoms with Crippen LogP contribution in [0, 0.1) is 0 Å². The molecule has 1 aromatic rings. The van der Waals surface area contributed by atoms with Crippen molar-refractivity contribution in [2.75, 3.05) is 52.9 Å². The summed E-state index contributed by atoms with van der Waals surface area (Å²) in [5.74, 6) is 1.90. The standard InChI is InChI=1S/C21H31N5O/c1-22-21(23-19-15-18(19)17-7-3-2-4-8-17)26-13-11-24(12-14-26)16-20(27)25-9-5-6-10-25/h2-4,7-8,18-19H,5-6,9-16H2,1H3,(H,22,23). The van der Waals surface area contributed by atoms with Gasteiger partial charge in [-0.15, -0.1) is 0 Å². The van der Waals surface area contributed by atoms with Gasteiger partial charge in [0.1, 0.15) is 0 Å². The van der Waals surface area contributed by atoms with E-state index in [-0.39, 0.29) is 0 Å². The van der Waals surface area contributed by atoms with Crippen LogP contribution in [0.5, 0.6) is 0 Å². The van der Waals surface area contributed by atoms with Crippen molar-refractivity contribution < 1.29 is 4.79 Å². The largest absolute Gasteiger partial charge is 0.353 e. The highest BCUT2D eigenvalue weighted by molar-refractivity contribution is 5.81. The molecule has 1 amide bonds. The Bertz CT molecular complexity index is 662. The van der Waals surface area contributed by atoms with Crippen LogP contribution >= 0.6 is 0 Å². The fraction of sp³-hybridized carbons (Fsp3) is 0.619. The van der Waals surface area contributed by atoms with Gasteiger partial charge in [-0.3, -0.25) is 14.7 Å². The van der Waals surface area contributed by atoms with Crippen molar-refractivity contribution in [3.8, 4) is 0 Å². The molecule has 0 spiro atoms. The third-order valence-corrected chi connectivity index (χ3v) is 6.03. The molecule has 2 heterocycles. The topological polar surface area (TPSA) is 51.2 Å². The van der Waals surface area contributed by atoms with E-state index >= 15 is 0 Å². The number of piperazine rings is 1. The van der Waals surface area contributed by atoms with Crippen LogP contribution < -0.4 is 5.32 Å². The maximum atomic E-state index is 12.3. The SMILES string of the molecule is CN=C(NC1CC1c1ccccc1)N1CCN(CC(=O)N2CCCC2)CC1. The molecule has 0 radical (unpaired) electrons. The maximum absolute atomic E-state index is 12.3. The van der Waals surface area contributed by atoms with Crippen LogP contribution in [-0.2, 0) is 4.79 Å². The molecule has 2 aliphatic heterocycles. The van der Waals surface area contributed by atoms with Crippen molar-refractivity contribution in [1.29, 1.82) is 0 Å². The van der Waals surface area contributed by atoms with Crippen molar-refractivity contribution >= 4 is 11.9 Å². The molecule has 1 aromatic carbocycles. The first-order valence-corrected chi connectivity index (χ1v) is 10.3. The molecule has 0 bridgehead atoms. The zero-order valence-corrected chi connectivity index (χ0v) is 16.3. The lowest BCUT2D eigenvalue weighted by Crippen LogP contribution is -2.54. The van der Waals surface area contributed by atoms with Gasteiger partial charge < -0.3 is 15.1 Å². The van der Waals surface area contributed by atoms with Crippen LogP contribution in [0.15, 0.2) is 35.3 Å². The van der Waals surface area contributed by atoms with Gasteiger partial charge >= 0.3 is 0 Å². The molecule has 2 unspecified atom stereocenters. The molecule has 3 aliphatic rings. The van der Waals surface area contributed by atoms with Crippen LogP contribution in [0.3, 0.4) is 0 Å². The van der Waals surface area contributed by atoms with Crippen LogP contribution in [0.4, 0.5) is 0 Å². The number of guanidine groups is 1. The highest BCUT2D eigenvalue weighted by atomic mass is 16.2. The Kier molecular flexibility index (Phi) is 5.62. The Morgan fingerprint density at radius 3 is 2.41 bits per heavy atom. The minimum absolute atomic E-state index is 0.298. The Morgan fingerprint density at radius 2 is 1.74 bits per heavy atom. The van der Waals surface area contributed by atoms with Crippen LogP contribution in [0.2, 0.25) is 0 Å². The number of benzene rings is 1. The molecule has 3 fully saturated rings. The summed E-state index contributed by atoms with van der Waals surface area (Å²) in [6.45, 7) is 6.16. The minimum Gasteiger partial charge on any atom is -0.353 e. The fourth-order valence-electron chi connectivity index (χ4n) is 4.26. The predicted molar refractivity (Wildman–Crippen MR) is 108 cm³/mol. The van der Waals surface area contributed by atoms with Crippen LogP contribution in [-0.4, -0.2) is 85.5 Å². The first-order chi connectivity index (χ1) is 13.2. The monoisotopic (exact) mass is 369 g/mol. The van der Waals surface area contributed by atoms with Gasteiger partial charge in [-0.25, -0.2) is 0 Å². The molecule has 2 saturated heterocycles. The second-order valence-electron chi connectivity index (χ2n) is 7.90. The molecule has 6 heteroatoms. The predicted octanol–water partition coefficient (Wildman–Crippen LogP) is 1.36. The van der Waals surface area contributed by atoms with Gasteiger partial charge in [-0.2, -0.15) is 0 Å². The number of hydrogen-bond acceptors (Lipinski definition) is 3. The Hall–Kier alpha value is -2.08. The number of nitrogens with zero attached hydrogens (tertiary/aromatic N) is 4. The Balaban J connectivity index is 1.23. The highest BCUT2D eigenvalue weighted by Crippen LogP contribution is 2.40. The van der Waals surface area contributed by atoms with Crippen molar-refractivity contribution in [3.05, 3.63) is 35.9 Å². The summed E-state index contributed by atoms with van der Waals surface area (Å²) in [7, 11) is 1.87. The van der Waals surface area contributed by atoms with Gasteiger partial charge in [0, 0.05) is 58.3 Å². The second-order valence-corrected chi connectivity index (χ2v) is 7.90. The van der Waals surface area contributed by atoms with Gasteiger partial charge in [0.05, 0.1) is 6.54 Å². The number of carbonyl (C=O) groups is 1. The smallest absolute Gasteiger partial charge is 0.236 e. The molecular weight excluding hydrogens is 338 g/mol. The molecule has 1 N–H and O–H groups in total. The number of amides is 1. The Labute approximate surface area is 162 Å². The molecule has 4 rings (SSSR count). The first kappa shape index (κ1) is 18.3. The quantitative estimate of drug-likeness (QED) is 0.643. The van der Waals surface area contributed by atoms with Gasteiger partial charge in [0.25, 0.3) is 0 Å². The summed E-state index contributed by atoms with van der Waals surface area (Å²) in [5, 5.41) is 3.64. The van der Waals surface area contributed by atoms with E-state index in [0.29, 0.717) is 24.4 Å².